The SMILES string of the molecule is CCCC(C)(N)C(=O)Nc1ccc(Oc2ccncc2)cc1. The highest BCUT2D eigenvalue weighted by Crippen LogP contribution is 2.22. The molecule has 0 aliphatic rings. The summed E-state index contributed by atoms with van der Waals surface area (Å²) in [5.74, 6) is 1.22. The Bertz CT molecular complexity index is 610. The minimum Gasteiger partial charge on any atom is -0.457 e. The number of anilines is 1. The fraction of sp³-hybridized carbons (Fsp3) is 0.294. The lowest BCUT2D eigenvalue weighted by Gasteiger charge is -2.22. The Hall–Kier alpha value is -2.40. The fourth-order valence-corrected chi connectivity index (χ4v) is 2.06. The quantitative estimate of drug-likeness (QED) is 0.857. The second-order valence-electron chi connectivity index (χ2n) is 5.43. The Kier molecular flexibility index (Phi) is 5.12. The van der Waals surface area contributed by atoms with Gasteiger partial charge in [0.25, 0.3) is 0 Å². The van der Waals surface area contributed by atoms with E-state index in [0.717, 1.165) is 6.42 Å². The summed E-state index contributed by atoms with van der Waals surface area (Å²) in [4.78, 5) is 16.1. The number of carbonyl (C=O) groups is 1. The van der Waals surface area contributed by atoms with Crippen LogP contribution in [-0.4, -0.2) is 16.4 Å². The van der Waals surface area contributed by atoms with Gasteiger partial charge in [-0.1, -0.05) is 13.3 Å². The van der Waals surface area contributed by atoms with Gasteiger partial charge in [-0.3, -0.25) is 9.78 Å². The number of hydrogen-bond donors (Lipinski definition) is 2. The van der Waals surface area contributed by atoms with Crippen molar-refractivity contribution in [1.82, 2.24) is 4.98 Å². The number of carbonyl (C=O) groups excluding carboxylic acids is 1. The van der Waals surface area contributed by atoms with Gasteiger partial charge in [-0.2, -0.15) is 0 Å². The minimum absolute atomic E-state index is 0.183. The molecule has 0 fully saturated rings. The van der Waals surface area contributed by atoms with Gasteiger partial charge in [-0.15, -0.1) is 0 Å². The molecule has 5 heteroatoms. The van der Waals surface area contributed by atoms with Crippen LogP contribution in [0.4, 0.5) is 5.69 Å². The summed E-state index contributed by atoms with van der Waals surface area (Å²) in [6.45, 7) is 3.75. The topological polar surface area (TPSA) is 77.2 Å². The van der Waals surface area contributed by atoms with Gasteiger partial charge in [0, 0.05) is 18.1 Å². The normalized spacial score (nSPS) is 13.2. The highest BCUT2D eigenvalue weighted by Gasteiger charge is 2.27. The number of pyridine rings is 1. The predicted octanol–water partition coefficient (Wildman–Crippen LogP) is 3.33. The van der Waals surface area contributed by atoms with Crippen LogP contribution in [0.2, 0.25) is 0 Å². The molecule has 2 rings (SSSR count). The van der Waals surface area contributed by atoms with Crippen LogP contribution in [-0.2, 0) is 4.79 Å². The molecule has 3 N–H and O–H groups in total. The maximum atomic E-state index is 12.1. The molecule has 1 amide bonds. The Morgan fingerprint density at radius 2 is 1.77 bits per heavy atom. The molecule has 116 valence electrons. The lowest BCUT2D eigenvalue weighted by atomic mass is 9.96. The van der Waals surface area contributed by atoms with E-state index in [2.05, 4.69) is 10.3 Å². The van der Waals surface area contributed by atoms with E-state index in [0.29, 0.717) is 23.6 Å². The van der Waals surface area contributed by atoms with Gasteiger partial charge in [0.05, 0.1) is 5.54 Å². The number of nitrogens with zero attached hydrogens (tertiary/aromatic N) is 1. The maximum absolute atomic E-state index is 12.1. The molecule has 1 unspecified atom stereocenters. The molecule has 0 radical (unpaired) electrons. The zero-order chi connectivity index (χ0) is 16.0. The number of ether oxygens (including phenoxy) is 1. The first-order valence-electron chi connectivity index (χ1n) is 7.29. The highest BCUT2D eigenvalue weighted by atomic mass is 16.5. The van der Waals surface area contributed by atoms with Gasteiger partial charge < -0.3 is 15.8 Å². The molecule has 1 aromatic carbocycles. The lowest BCUT2D eigenvalue weighted by Crippen LogP contribution is -2.48. The summed E-state index contributed by atoms with van der Waals surface area (Å²) in [6, 6.07) is 10.7. The Balaban J connectivity index is 1.99. The summed E-state index contributed by atoms with van der Waals surface area (Å²) < 4.78 is 5.67. The average Bonchev–Trinajstić information content (AvgIpc) is 2.50. The Morgan fingerprint density at radius 3 is 2.36 bits per heavy atom. The molecule has 0 aliphatic carbocycles. The number of rotatable bonds is 6. The number of aromatic nitrogens is 1. The zero-order valence-corrected chi connectivity index (χ0v) is 12.9. The molecule has 1 aromatic heterocycles. The van der Waals surface area contributed by atoms with Crippen LogP contribution in [0, 0.1) is 0 Å². The van der Waals surface area contributed by atoms with Gasteiger partial charge in [-0.25, -0.2) is 0 Å². The van der Waals surface area contributed by atoms with Gasteiger partial charge >= 0.3 is 0 Å². The smallest absolute Gasteiger partial charge is 0.244 e. The van der Waals surface area contributed by atoms with E-state index < -0.39 is 5.54 Å². The molecular weight excluding hydrogens is 278 g/mol. The van der Waals surface area contributed by atoms with Gasteiger partial charge in [0.15, 0.2) is 0 Å². The van der Waals surface area contributed by atoms with Crippen molar-refractivity contribution in [3.8, 4) is 11.5 Å². The minimum atomic E-state index is -0.860. The third kappa shape index (κ3) is 4.30. The Morgan fingerprint density at radius 1 is 1.18 bits per heavy atom. The van der Waals surface area contributed by atoms with Crippen molar-refractivity contribution < 1.29 is 9.53 Å². The van der Waals surface area contributed by atoms with Crippen LogP contribution in [0.25, 0.3) is 0 Å². The van der Waals surface area contributed by atoms with Crippen molar-refractivity contribution in [3.63, 3.8) is 0 Å². The highest BCUT2D eigenvalue weighted by molar-refractivity contribution is 5.97. The first kappa shape index (κ1) is 16.0. The molecule has 1 atom stereocenters. The molecule has 0 aliphatic heterocycles. The monoisotopic (exact) mass is 299 g/mol. The van der Waals surface area contributed by atoms with Crippen molar-refractivity contribution in [2.75, 3.05) is 5.32 Å². The van der Waals surface area contributed by atoms with E-state index in [1.807, 2.05) is 6.92 Å². The van der Waals surface area contributed by atoms with Crippen molar-refractivity contribution in [2.24, 2.45) is 5.73 Å². The molecule has 22 heavy (non-hydrogen) atoms. The third-order valence-electron chi connectivity index (χ3n) is 3.29. The largest absolute Gasteiger partial charge is 0.457 e. The number of benzene rings is 1. The molecule has 2 aromatic rings. The van der Waals surface area contributed by atoms with Crippen LogP contribution in [0.5, 0.6) is 11.5 Å². The van der Waals surface area contributed by atoms with Crippen molar-refractivity contribution in [3.05, 3.63) is 48.8 Å². The van der Waals surface area contributed by atoms with E-state index in [9.17, 15) is 4.79 Å². The molecule has 5 nitrogen and oxygen atoms in total. The summed E-state index contributed by atoms with van der Waals surface area (Å²) in [6.07, 6.45) is 4.83. The third-order valence-corrected chi connectivity index (χ3v) is 3.29. The van der Waals surface area contributed by atoms with E-state index in [1.165, 1.54) is 0 Å². The van der Waals surface area contributed by atoms with E-state index in [4.69, 9.17) is 10.5 Å². The second kappa shape index (κ2) is 7.04. The first-order valence-corrected chi connectivity index (χ1v) is 7.29. The van der Waals surface area contributed by atoms with Crippen LogP contribution in [0.1, 0.15) is 26.7 Å². The Labute approximate surface area is 130 Å². The van der Waals surface area contributed by atoms with Crippen molar-refractivity contribution in [2.45, 2.75) is 32.2 Å². The second-order valence-corrected chi connectivity index (χ2v) is 5.43. The van der Waals surface area contributed by atoms with Crippen LogP contribution >= 0.6 is 0 Å². The van der Waals surface area contributed by atoms with E-state index >= 15 is 0 Å². The molecule has 0 spiro atoms. The van der Waals surface area contributed by atoms with Crippen LogP contribution < -0.4 is 15.8 Å². The van der Waals surface area contributed by atoms with Crippen molar-refractivity contribution >= 4 is 11.6 Å². The zero-order valence-electron chi connectivity index (χ0n) is 12.9. The fourth-order valence-electron chi connectivity index (χ4n) is 2.06. The average molecular weight is 299 g/mol. The standard InChI is InChI=1S/C17H21N3O2/c1-3-10-17(2,18)16(21)20-13-4-6-14(7-5-13)22-15-8-11-19-12-9-15/h4-9,11-12H,3,10,18H2,1-2H3,(H,20,21). The van der Waals surface area contributed by atoms with Gasteiger partial charge in [0.2, 0.25) is 5.91 Å². The number of nitrogens with two attached hydrogens (primary N) is 1. The molecule has 0 saturated heterocycles. The van der Waals surface area contributed by atoms with E-state index in [-0.39, 0.29) is 5.91 Å². The molecule has 1 heterocycles. The first-order chi connectivity index (χ1) is 10.5. The maximum Gasteiger partial charge on any atom is 0.244 e. The molecule has 0 saturated carbocycles. The predicted molar refractivity (Wildman–Crippen MR) is 86.9 cm³/mol. The van der Waals surface area contributed by atoms with Gasteiger partial charge in [0.1, 0.15) is 11.5 Å². The van der Waals surface area contributed by atoms with Gasteiger partial charge in [-0.05, 0) is 49.7 Å². The summed E-state index contributed by atoms with van der Waals surface area (Å²) in [7, 11) is 0. The molecular formula is C17H21N3O2. The van der Waals surface area contributed by atoms with Crippen molar-refractivity contribution in [1.29, 1.82) is 0 Å². The lowest BCUT2D eigenvalue weighted by molar-refractivity contribution is -0.120. The number of amides is 1. The summed E-state index contributed by atoms with van der Waals surface area (Å²) in [5, 5.41) is 2.83. The van der Waals surface area contributed by atoms with Crippen LogP contribution in [0.3, 0.4) is 0 Å². The van der Waals surface area contributed by atoms with E-state index in [1.54, 1.807) is 55.7 Å². The summed E-state index contributed by atoms with van der Waals surface area (Å²) >= 11 is 0. The number of hydrogen-bond acceptors (Lipinski definition) is 4. The number of nitrogens with one attached hydrogen (secondary N) is 1. The molecule has 0 bridgehead atoms. The summed E-state index contributed by atoms with van der Waals surface area (Å²) in [5.41, 5.74) is 5.84. The van der Waals surface area contributed by atoms with Crippen LogP contribution in [0.15, 0.2) is 48.8 Å².